The second-order valence-corrected chi connectivity index (χ2v) is 6.50. The van der Waals surface area contributed by atoms with E-state index in [9.17, 15) is 14.4 Å². The van der Waals surface area contributed by atoms with Crippen LogP contribution in [0, 0.1) is 0 Å². The van der Waals surface area contributed by atoms with Gasteiger partial charge in [0.15, 0.2) is 0 Å². The fraction of sp³-hybridized carbons (Fsp3) is 0.700. The zero-order valence-electron chi connectivity index (χ0n) is 10.9. The highest BCUT2D eigenvalue weighted by Gasteiger charge is 2.14. The van der Waals surface area contributed by atoms with Gasteiger partial charge in [-0.2, -0.15) is 12.6 Å². The maximum absolute atomic E-state index is 10.3. The lowest BCUT2D eigenvalue weighted by molar-refractivity contribution is -0.138. The predicted molar refractivity (Wildman–Crippen MR) is 92.3 cm³/mol. The van der Waals surface area contributed by atoms with Gasteiger partial charge in [0.1, 0.15) is 18.1 Å². The van der Waals surface area contributed by atoms with Crippen LogP contribution < -0.4 is 17.2 Å². The minimum absolute atomic E-state index is 0. The number of nitrogens with two attached hydrogens (primary N) is 3. The van der Waals surface area contributed by atoms with Crippen molar-refractivity contribution in [2.24, 2.45) is 17.2 Å². The molecule has 3 atom stereocenters. The summed E-state index contributed by atoms with van der Waals surface area (Å²) in [6.45, 7) is 0. The predicted octanol–water partition coefficient (Wildman–Crippen LogP) is -0.844. The molecule has 0 rings (SSSR count). The second-order valence-electron chi connectivity index (χ2n) is 3.59. The molecule has 0 aromatic heterocycles. The van der Waals surface area contributed by atoms with E-state index in [-0.39, 0.29) is 24.7 Å². The molecule has 0 radical (unpaired) electrons. The molecule has 9 nitrogen and oxygen atoms in total. The Morgan fingerprint density at radius 3 is 1.23 bits per heavy atom. The number of carbonyl (C=O) groups is 3. The van der Waals surface area contributed by atoms with Crippen LogP contribution in [-0.4, -0.2) is 68.6 Å². The van der Waals surface area contributed by atoms with Gasteiger partial charge in [0.2, 0.25) is 0 Å². The minimum Gasteiger partial charge on any atom is -0.480 e. The molecule has 0 amide bonds. The Balaban J connectivity index is -0.000000385. The molecule has 0 spiro atoms. The normalized spacial score (nSPS) is 13.6. The highest BCUT2D eigenvalue weighted by Crippen LogP contribution is 2.22. The first-order valence-corrected chi connectivity index (χ1v) is 8.55. The molecular formula is C10H23N3O6S3. The number of thiol groups is 1. The fourth-order valence-electron chi connectivity index (χ4n) is 0.464. The first-order chi connectivity index (χ1) is 9.63. The lowest BCUT2D eigenvalue weighted by Crippen LogP contribution is -2.33. The molecule has 0 aromatic carbocycles. The summed E-state index contributed by atoms with van der Waals surface area (Å²) in [6, 6.07) is -2.66. The standard InChI is InChI=1S/C6H12N2O4S2.C3H7NO2S.CH4/c7-3(5(9)10)1-13-14-2-4(8)6(11)12;4-2(1-7)3(5)6;/h3-4H,1-2,7-8H2,(H,9,10)(H,11,12);2,7H,1,4H2,(H,5,6);1H4. The number of hydrogen-bond donors (Lipinski definition) is 7. The first-order valence-electron chi connectivity index (χ1n) is 5.43. The topological polar surface area (TPSA) is 190 Å². The zero-order chi connectivity index (χ0) is 17.0. The van der Waals surface area contributed by atoms with Crippen LogP contribution in [0.25, 0.3) is 0 Å². The average Bonchev–Trinajstić information content (AvgIpc) is 2.42. The van der Waals surface area contributed by atoms with Crippen LogP contribution in [0.5, 0.6) is 0 Å². The van der Waals surface area contributed by atoms with Crippen molar-refractivity contribution in [2.75, 3.05) is 17.3 Å². The number of carboxylic acids is 3. The first kappa shape index (κ1) is 26.2. The number of hydrogen-bond acceptors (Lipinski definition) is 9. The number of aliphatic carboxylic acids is 3. The second kappa shape index (κ2) is 15.2. The van der Waals surface area contributed by atoms with Crippen LogP contribution >= 0.6 is 34.2 Å². The third kappa shape index (κ3) is 15.7. The highest BCUT2D eigenvalue weighted by molar-refractivity contribution is 8.76. The quantitative estimate of drug-likeness (QED) is 0.150. The maximum atomic E-state index is 10.3. The minimum atomic E-state index is -1.07. The molecule has 0 aliphatic heterocycles. The summed E-state index contributed by atoms with van der Waals surface area (Å²) >= 11 is 3.65. The molecule has 0 saturated carbocycles. The Kier molecular flexibility index (Phi) is 18.2. The lowest BCUT2D eigenvalue weighted by atomic mass is 10.4. The van der Waals surface area contributed by atoms with Crippen LogP contribution in [0.4, 0.5) is 0 Å². The molecular weight excluding hydrogens is 354 g/mol. The molecule has 0 aliphatic carbocycles. The van der Waals surface area contributed by atoms with Crippen molar-refractivity contribution in [3.8, 4) is 0 Å². The van der Waals surface area contributed by atoms with E-state index in [1.807, 2.05) is 0 Å². The summed E-state index contributed by atoms with van der Waals surface area (Å²) in [5, 5.41) is 24.8. The van der Waals surface area contributed by atoms with Crippen molar-refractivity contribution < 1.29 is 29.7 Å². The van der Waals surface area contributed by atoms with Crippen molar-refractivity contribution in [1.29, 1.82) is 0 Å². The molecule has 0 fully saturated rings. The van der Waals surface area contributed by atoms with Crippen LogP contribution in [0.15, 0.2) is 0 Å². The van der Waals surface area contributed by atoms with Crippen molar-refractivity contribution in [1.82, 2.24) is 0 Å². The third-order valence-corrected chi connectivity index (χ3v) is 4.59. The molecule has 12 heteroatoms. The molecule has 0 saturated heterocycles. The van der Waals surface area contributed by atoms with Gasteiger partial charge in [-0.05, 0) is 0 Å². The molecule has 0 heterocycles. The molecule has 0 bridgehead atoms. The zero-order valence-corrected chi connectivity index (χ0v) is 13.4. The Bertz CT molecular complexity index is 326. The van der Waals surface area contributed by atoms with Crippen LogP contribution in [0.3, 0.4) is 0 Å². The molecule has 9 N–H and O–H groups in total. The van der Waals surface area contributed by atoms with E-state index in [1.54, 1.807) is 0 Å². The average molecular weight is 378 g/mol. The van der Waals surface area contributed by atoms with Gasteiger partial charge in [0.25, 0.3) is 0 Å². The molecule has 22 heavy (non-hydrogen) atoms. The highest BCUT2D eigenvalue weighted by atomic mass is 33.1. The van der Waals surface area contributed by atoms with Crippen molar-refractivity contribution >= 4 is 52.1 Å². The Labute approximate surface area is 142 Å². The lowest BCUT2D eigenvalue weighted by Gasteiger charge is -2.07. The Morgan fingerprint density at radius 1 is 0.818 bits per heavy atom. The van der Waals surface area contributed by atoms with Gasteiger partial charge in [-0.1, -0.05) is 29.0 Å². The van der Waals surface area contributed by atoms with Crippen molar-refractivity contribution in [3.63, 3.8) is 0 Å². The van der Waals surface area contributed by atoms with Crippen LogP contribution in [0.1, 0.15) is 7.43 Å². The van der Waals surface area contributed by atoms with Gasteiger partial charge < -0.3 is 32.5 Å². The molecule has 0 aromatic rings. The summed E-state index contributed by atoms with van der Waals surface area (Å²) in [6.07, 6.45) is 0. The van der Waals surface area contributed by atoms with E-state index in [4.69, 9.17) is 32.5 Å². The SMILES string of the molecule is C.NC(CS)C(=O)O.NC(CSSCC(N)C(=O)O)C(=O)O. The van der Waals surface area contributed by atoms with E-state index < -0.39 is 36.0 Å². The van der Waals surface area contributed by atoms with Crippen LogP contribution in [-0.2, 0) is 14.4 Å². The van der Waals surface area contributed by atoms with Gasteiger partial charge in [-0.25, -0.2) is 0 Å². The summed E-state index contributed by atoms with van der Waals surface area (Å²) in [5.41, 5.74) is 15.4. The monoisotopic (exact) mass is 377 g/mol. The third-order valence-electron chi connectivity index (χ3n) is 1.73. The van der Waals surface area contributed by atoms with Crippen molar-refractivity contribution in [3.05, 3.63) is 0 Å². The summed E-state index contributed by atoms with van der Waals surface area (Å²) in [7, 11) is 2.41. The summed E-state index contributed by atoms with van der Waals surface area (Å²) in [4.78, 5) is 30.3. The van der Waals surface area contributed by atoms with Crippen LogP contribution in [0.2, 0.25) is 0 Å². The van der Waals surface area contributed by atoms with Gasteiger partial charge in [-0.15, -0.1) is 0 Å². The van der Waals surface area contributed by atoms with Gasteiger partial charge >= 0.3 is 17.9 Å². The van der Waals surface area contributed by atoms with E-state index in [1.165, 1.54) is 21.6 Å². The van der Waals surface area contributed by atoms with Gasteiger partial charge in [-0.3, -0.25) is 14.4 Å². The smallest absolute Gasteiger partial charge is 0.321 e. The Hall–Kier alpha value is -0.660. The van der Waals surface area contributed by atoms with Gasteiger partial charge in [0, 0.05) is 17.3 Å². The Morgan fingerprint density at radius 2 is 1.09 bits per heavy atom. The van der Waals surface area contributed by atoms with E-state index in [2.05, 4.69) is 12.6 Å². The van der Waals surface area contributed by atoms with E-state index in [0.29, 0.717) is 0 Å². The van der Waals surface area contributed by atoms with E-state index in [0.717, 1.165) is 0 Å². The fourth-order valence-corrected chi connectivity index (χ4v) is 2.85. The van der Waals surface area contributed by atoms with Gasteiger partial charge in [0.05, 0.1) is 0 Å². The molecule has 132 valence electrons. The summed E-state index contributed by atoms with van der Waals surface area (Å²) in [5.74, 6) is -2.50. The molecule has 3 unspecified atom stereocenters. The maximum Gasteiger partial charge on any atom is 0.321 e. The largest absolute Gasteiger partial charge is 0.480 e. The van der Waals surface area contributed by atoms with Crippen molar-refractivity contribution in [2.45, 2.75) is 25.6 Å². The number of rotatable bonds is 9. The summed E-state index contributed by atoms with van der Waals surface area (Å²) < 4.78 is 0. The van der Waals surface area contributed by atoms with E-state index >= 15 is 0 Å². The number of carboxylic acid groups (broad SMARTS) is 3. The molecule has 0 aliphatic rings.